The van der Waals surface area contributed by atoms with Gasteiger partial charge in [-0.1, -0.05) is 6.07 Å². The van der Waals surface area contributed by atoms with E-state index < -0.39 is 0 Å². The first-order chi connectivity index (χ1) is 11.2. The van der Waals surface area contributed by atoms with Crippen LogP contribution in [0.5, 0.6) is 0 Å². The van der Waals surface area contributed by atoms with E-state index in [9.17, 15) is 4.79 Å². The fourth-order valence-electron chi connectivity index (χ4n) is 1.96. The van der Waals surface area contributed by atoms with Crippen LogP contribution in [0.3, 0.4) is 0 Å². The Morgan fingerprint density at radius 1 is 1.30 bits per heavy atom. The highest BCUT2D eigenvalue weighted by atomic mass is 32.1. The van der Waals surface area contributed by atoms with Crippen molar-refractivity contribution < 1.29 is 4.79 Å². The summed E-state index contributed by atoms with van der Waals surface area (Å²) in [6.07, 6.45) is 2.59. The lowest BCUT2D eigenvalue weighted by atomic mass is 10.4. The molecule has 0 saturated heterocycles. The Balaban J connectivity index is 1.60. The van der Waals surface area contributed by atoms with Gasteiger partial charge in [-0.2, -0.15) is 5.10 Å². The van der Waals surface area contributed by atoms with Gasteiger partial charge in [0, 0.05) is 33.4 Å². The molecule has 0 aliphatic rings. The van der Waals surface area contributed by atoms with Gasteiger partial charge in [-0.15, -0.1) is 11.3 Å². The van der Waals surface area contributed by atoms with Gasteiger partial charge in [0.1, 0.15) is 0 Å². The quantitative estimate of drug-likeness (QED) is 0.400. The zero-order valence-corrected chi connectivity index (χ0v) is 14.2. The average molecular weight is 334 g/mol. The van der Waals surface area contributed by atoms with E-state index in [1.807, 2.05) is 35.3 Å². The molecule has 2 aromatic rings. The predicted octanol–water partition coefficient (Wildman–Crippen LogP) is 0.967. The fourth-order valence-corrected chi connectivity index (χ4v) is 2.60. The van der Waals surface area contributed by atoms with Gasteiger partial charge in [-0.05, 0) is 23.9 Å². The van der Waals surface area contributed by atoms with Crippen LogP contribution < -0.4 is 16.0 Å². The number of aliphatic imine (C=N–C) groups is 1. The number of aryl methyl sites for hydroxylation is 1. The van der Waals surface area contributed by atoms with E-state index in [1.54, 1.807) is 13.2 Å². The summed E-state index contributed by atoms with van der Waals surface area (Å²) in [6.45, 7) is 2.02. The molecule has 2 rings (SSSR count). The number of thiophene rings is 1. The standard InChI is InChI=1S/C15H22N6OS/c1-16-15(19-11-12-6-9-20-21(12)2)18-8-4-7-17-14(22)13-5-3-10-23-13/h3,5-6,9-10H,4,7-8,11H2,1-2H3,(H,17,22)(H2,16,18,19). The van der Waals surface area contributed by atoms with E-state index in [4.69, 9.17) is 0 Å². The molecule has 0 spiro atoms. The Kier molecular flexibility index (Phi) is 6.61. The van der Waals surface area contributed by atoms with Gasteiger partial charge in [0.05, 0.1) is 17.1 Å². The van der Waals surface area contributed by atoms with Gasteiger partial charge in [-0.25, -0.2) is 0 Å². The van der Waals surface area contributed by atoms with Crippen molar-refractivity contribution in [3.63, 3.8) is 0 Å². The second-order valence-electron chi connectivity index (χ2n) is 4.89. The van der Waals surface area contributed by atoms with E-state index in [1.165, 1.54) is 11.3 Å². The van der Waals surface area contributed by atoms with Crippen LogP contribution in [0.25, 0.3) is 0 Å². The smallest absolute Gasteiger partial charge is 0.261 e. The van der Waals surface area contributed by atoms with Gasteiger partial charge >= 0.3 is 0 Å². The molecule has 7 nitrogen and oxygen atoms in total. The Bertz CT molecular complexity index is 634. The summed E-state index contributed by atoms with van der Waals surface area (Å²) >= 11 is 1.45. The maximum atomic E-state index is 11.8. The van der Waals surface area contributed by atoms with Crippen molar-refractivity contribution in [2.24, 2.45) is 12.0 Å². The highest BCUT2D eigenvalue weighted by Gasteiger charge is 2.05. The van der Waals surface area contributed by atoms with Gasteiger partial charge in [0.15, 0.2) is 5.96 Å². The summed E-state index contributed by atoms with van der Waals surface area (Å²) in [5, 5.41) is 15.4. The van der Waals surface area contributed by atoms with E-state index >= 15 is 0 Å². The number of hydrogen-bond donors (Lipinski definition) is 3. The molecule has 2 aromatic heterocycles. The molecule has 0 atom stereocenters. The summed E-state index contributed by atoms with van der Waals surface area (Å²) in [6, 6.07) is 5.65. The zero-order chi connectivity index (χ0) is 16.5. The third-order valence-electron chi connectivity index (χ3n) is 3.26. The first-order valence-corrected chi connectivity index (χ1v) is 8.32. The molecule has 0 radical (unpaired) electrons. The minimum atomic E-state index is -0.0151. The molecule has 0 unspecified atom stereocenters. The van der Waals surface area contributed by atoms with Crippen molar-refractivity contribution in [2.75, 3.05) is 20.1 Å². The van der Waals surface area contributed by atoms with Crippen LogP contribution in [-0.4, -0.2) is 41.8 Å². The lowest BCUT2D eigenvalue weighted by molar-refractivity contribution is 0.0957. The second kappa shape index (κ2) is 8.94. The highest BCUT2D eigenvalue weighted by Crippen LogP contribution is 2.07. The van der Waals surface area contributed by atoms with Crippen LogP contribution in [0.1, 0.15) is 21.8 Å². The Hall–Kier alpha value is -2.35. The molecule has 0 saturated carbocycles. The molecule has 0 bridgehead atoms. The van der Waals surface area contributed by atoms with Gasteiger partial charge < -0.3 is 16.0 Å². The molecular weight excluding hydrogens is 312 g/mol. The molecule has 3 N–H and O–H groups in total. The molecule has 23 heavy (non-hydrogen) atoms. The summed E-state index contributed by atoms with van der Waals surface area (Å²) < 4.78 is 1.82. The van der Waals surface area contributed by atoms with Crippen LogP contribution in [-0.2, 0) is 13.6 Å². The molecule has 0 fully saturated rings. The van der Waals surface area contributed by atoms with Gasteiger partial charge in [-0.3, -0.25) is 14.5 Å². The van der Waals surface area contributed by atoms with Crippen LogP contribution >= 0.6 is 11.3 Å². The first-order valence-electron chi connectivity index (χ1n) is 7.44. The fraction of sp³-hybridized carbons (Fsp3) is 0.400. The van der Waals surface area contributed by atoms with Crippen molar-refractivity contribution >= 4 is 23.2 Å². The predicted molar refractivity (Wildman–Crippen MR) is 92.7 cm³/mol. The van der Waals surface area contributed by atoms with Crippen molar-refractivity contribution in [2.45, 2.75) is 13.0 Å². The number of guanidine groups is 1. The largest absolute Gasteiger partial charge is 0.356 e. The summed E-state index contributed by atoms with van der Waals surface area (Å²) in [4.78, 5) is 16.7. The minimum Gasteiger partial charge on any atom is -0.356 e. The van der Waals surface area contributed by atoms with Crippen LogP contribution in [0.15, 0.2) is 34.8 Å². The Morgan fingerprint density at radius 2 is 2.13 bits per heavy atom. The van der Waals surface area contributed by atoms with Gasteiger partial charge in [0.2, 0.25) is 0 Å². The molecule has 124 valence electrons. The van der Waals surface area contributed by atoms with E-state index in [0.717, 1.165) is 29.5 Å². The SMILES string of the molecule is CN=C(NCCCNC(=O)c1cccs1)NCc1ccnn1C. The summed E-state index contributed by atoms with van der Waals surface area (Å²) in [5.74, 6) is 0.717. The second-order valence-corrected chi connectivity index (χ2v) is 5.83. The van der Waals surface area contributed by atoms with Crippen LogP contribution in [0, 0.1) is 0 Å². The van der Waals surface area contributed by atoms with Crippen molar-refractivity contribution in [3.05, 3.63) is 40.3 Å². The first kappa shape index (κ1) is 17.0. The number of nitrogens with zero attached hydrogens (tertiary/aromatic N) is 3. The Morgan fingerprint density at radius 3 is 2.78 bits per heavy atom. The monoisotopic (exact) mass is 334 g/mol. The average Bonchev–Trinajstić information content (AvgIpc) is 3.21. The molecule has 0 aromatic carbocycles. The number of aromatic nitrogens is 2. The van der Waals surface area contributed by atoms with E-state index in [0.29, 0.717) is 13.1 Å². The van der Waals surface area contributed by atoms with Crippen molar-refractivity contribution in [1.29, 1.82) is 0 Å². The highest BCUT2D eigenvalue weighted by molar-refractivity contribution is 7.12. The van der Waals surface area contributed by atoms with Crippen molar-refractivity contribution in [3.8, 4) is 0 Å². The minimum absolute atomic E-state index is 0.0151. The summed E-state index contributed by atoms with van der Waals surface area (Å²) in [7, 11) is 3.64. The third kappa shape index (κ3) is 5.41. The molecule has 0 aliphatic carbocycles. The number of carbonyl (C=O) groups excluding carboxylic acids is 1. The third-order valence-corrected chi connectivity index (χ3v) is 4.13. The van der Waals surface area contributed by atoms with Crippen molar-refractivity contribution in [1.82, 2.24) is 25.7 Å². The summed E-state index contributed by atoms with van der Waals surface area (Å²) in [5.41, 5.74) is 1.08. The molecule has 2 heterocycles. The maximum absolute atomic E-state index is 11.8. The van der Waals surface area contributed by atoms with Crippen LogP contribution in [0.4, 0.5) is 0 Å². The number of rotatable bonds is 7. The lowest BCUT2D eigenvalue weighted by Crippen LogP contribution is -2.38. The molecule has 0 aliphatic heterocycles. The van der Waals surface area contributed by atoms with E-state index in [2.05, 4.69) is 26.0 Å². The normalized spacial score (nSPS) is 11.3. The van der Waals surface area contributed by atoms with Gasteiger partial charge in [0.25, 0.3) is 5.91 Å². The van der Waals surface area contributed by atoms with Crippen LogP contribution in [0.2, 0.25) is 0 Å². The maximum Gasteiger partial charge on any atom is 0.261 e. The number of carbonyl (C=O) groups is 1. The molecule has 1 amide bonds. The molecular formula is C15H22N6OS. The topological polar surface area (TPSA) is 83.3 Å². The lowest BCUT2D eigenvalue weighted by Gasteiger charge is -2.12. The number of nitrogens with one attached hydrogen (secondary N) is 3. The number of amides is 1. The molecule has 8 heteroatoms. The Labute approximate surface area is 139 Å². The van der Waals surface area contributed by atoms with E-state index in [-0.39, 0.29) is 5.91 Å². The zero-order valence-electron chi connectivity index (χ0n) is 13.4. The number of hydrogen-bond acceptors (Lipinski definition) is 4.